The summed E-state index contributed by atoms with van der Waals surface area (Å²) < 4.78 is 1.70. The first kappa shape index (κ1) is 21.9. The van der Waals surface area contributed by atoms with Crippen LogP contribution in [0.2, 0.25) is 0 Å². The summed E-state index contributed by atoms with van der Waals surface area (Å²) in [6.45, 7) is 3.25. The van der Waals surface area contributed by atoms with Crippen molar-refractivity contribution in [1.82, 2.24) is 4.90 Å². The summed E-state index contributed by atoms with van der Waals surface area (Å²) >= 11 is 12.0. The minimum absolute atomic E-state index is 0.0257. The van der Waals surface area contributed by atoms with Crippen LogP contribution in [0.25, 0.3) is 6.08 Å². The Labute approximate surface area is 200 Å². The minimum Gasteiger partial charge on any atom is -0.340 e. The third-order valence-electron chi connectivity index (χ3n) is 5.23. The summed E-state index contributed by atoms with van der Waals surface area (Å²) in [6, 6.07) is 13.0. The lowest BCUT2D eigenvalue weighted by molar-refractivity contribution is -0.121. The number of carbonyl (C=O) groups is 1. The highest BCUT2D eigenvalue weighted by molar-refractivity contribution is 9.10. The Balaban J connectivity index is 1.66. The maximum Gasteiger partial charge on any atom is 0.265 e. The van der Waals surface area contributed by atoms with E-state index in [1.165, 1.54) is 63.5 Å². The highest BCUT2D eigenvalue weighted by Crippen LogP contribution is 2.49. The second-order valence-corrected chi connectivity index (χ2v) is 11.1. The molecule has 0 spiro atoms. The van der Waals surface area contributed by atoms with Gasteiger partial charge in [-0.05, 0) is 48.4 Å². The van der Waals surface area contributed by atoms with Crippen LogP contribution in [0.1, 0.15) is 38.2 Å². The van der Waals surface area contributed by atoms with Crippen molar-refractivity contribution in [2.75, 3.05) is 18.5 Å². The second-order valence-electron chi connectivity index (χ2n) is 7.39. The number of thioether (sulfide) groups is 1. The number of likely N-dealkylation sites (N-methyl/N-ethyl adjacent to an activating group) is 1. The van der Waals surface area contributed by atoms with E-state index < -0.39 is 0 Å². The van der Waals surface area contributed by atoms with Crippen molar-refractivity contribution in [3.05, 3.63) is 51.3 Å². The molecule has 2 aliphatic rings. The Kier molecular flexibility index (Phi) is 6.92. The van der Waals surface area contributed by atoms with Gasteiger partial charge in [-0.2, -0.15) is 0 Å². The summed E-state index contributed by atoms with van der Waals surface area (Å²) in [7, 11) is 1.73. The molecule has 0 aliphatic carbocycles. The maximum absolute atomic E-state index is 12.4. The van der Waals surface area contributed by atoms with Crippen molar-refractivity contribution in [3.63, 3.8) is 0 Å². The van der Waals surface area contributed by atoms with E-state index in [2.05, 4.69) is 64.2 Å². The molecule has 156 valence electrons. The number of benzene rings is 2. The summed E-state index contributed by atoms with van der Waals surface area (Å²) in [6.07, 6.45) is 6.89. The highest BCUT2D eigenvalue weighted by Gasteiger charge is 2.29. The van der Waals surface area contributed by atoms with Gasteiger partial charge >= 0.3 is 0 Å². The van der Waals surface area contributed by atoms with Crippen LogP contribution in [-0.2, 0) is 4.79 Å². The van der Waals surface area contributed by atoms with Crippen LogP contribution in [-0.4, -0.2) is 28.7 Å². The van der Waals surface area contributed by atoms with Crippen LogP contribution in [0, 0.1) is 0 Å². The SMILES string of the molecule is CCCCCCN1c2ccc(Br)cc2Sc2cc(/C=C3\SC(=S)N(C)C3=O)ccc21. The van der Waals surface area contributed by atoms with Gasteiger partial charge in [0.25, 0.3) is 5.91 Å². The maximum atomic E-state index is 12.4. The van der Waals surface area contributed by atoms with Crippen LogP contribution < -0.4 is 4.90 Å². The van der Waals surface area contributed by atoms with Crippen LogP contribution in [0.4, 0.5) is 11.4 Å². The van der Waals surface area contributed by atoms with Crippen molar-refractivity contribution in [2.24, 2.45) is 0 Å². The molecule has 0 N–H and O–H groups in total. The number of anilines is 2. The average Bonchev–Trinajstić information content (AvgIpc) is 2.96. The van der Waals surface area contributed by atoms with Gasteiger partial charge in [0, 0.05) is 27.9 Å². The van der Waals surface area contributed by atoms with Crippen molar-refractivity contribution < 1.29 is 4.79 Å². The Bertz CT molecular complexity index is 1040. The van der Waals surface area contributed by atoms with Gasteiger partial charge < -0.3 is 4.90 Å². The first-order valence-electron chi connectivity index (χ1n) is 10.1. The lowest BCUT2D eigenvalue weighted by Gasteiger charge is -2.33. The van der Waals surface area contributed by atoms with Gasteiger partial charge in [-0.25, -0.2) is 0 Å². The molecule has 0 aromatic heterocycles. The lowest BCUT2D eigenvalue weighted by Crippen LogP contribution is -2.22. The van der Waals surface area contributed by atoms with Gasteiger partial charge in [-0.3, -0.25) is 9.69 Å². The summed E-state index contributed by atoms with van der Waals surface area (Å²) in [5, 5.41) is 0. The Hall–Kier alpha value is -1.28. The van der Waals surface area contributed by atoms with Crippen molar-refractivity contribution in [2.45, 2.75) is 42.4 Å². The number of amides is 1. The molecule has 0 radical (unpaired) electrons. The largest absolute Gasteiger partial charge is 0.340 e. The van der Waals surface area contributed by atoms with Gasteiger partial charge in [-0.15, -0.1) is 0 Å². The fraction of sp³-hybridized carbons (Fsp3) is 0.304. The Morgan fingerprint density at radius 2 is 1.77 bits per heavy atom. The molecule has 2 aromatic rings. The molecule has 0 saturated carbocycles. The zero-order chi connectivity index (χ0) is 21.3. The van der Waals surface area contributed by atoms with Gasteiger partial charge in [0.05, 0.1) is 16.3 Å². The van der Waals surface area contributed by atoms with E-state index in [1.54, 1.807) is 18.8 Å². The number of hydrogen-bond donors (Lipinski definition) is 0. The normalized spacial score (nSPS) is 17.0. The van der Waals surface area contributed by atoms with E-state index in [-0.39, 0.29) is 5.91 Å². The molecule has 2 aliphatic heterocycles. The summed E-state index contributed by atoms with van der Waals surface area (Å²) in [5.74, 6) is -0.0257. The first-order valence-corrected chi connectivity index (χ1v) is 12.9. The van der Waals surface area contributed by atoms with Crippen LogP contribution in [0.3, 0.4) is 0 Å². The van der Waals surface area contributed by atoms with Crippen LogP contribution in [0.15, 0.2) is 55.6 Å². The minimum atomic E-state index is -0.0257. The molecule has 2 aromatic carbocycles. The van der Waals surface area contributed by atoms with Crippen molar-refractivity contribution in [3.8, 4) is 0 Å². The molecule has 0 atom stereocenters. The number of rotatable bonds is 6. The molecular weight excluding hydrogens is 496 g/mol. The van der Waals surface area contributed by atoms with Crippen molar-refractivity contribution >= 4 is 79.4 Å². The van der Waals surface area contributed by atoms with E-state index in [9.17, 15) is 4.79 Å². The molecule has 4 rings (SSSR count). The van der Waals surface area contributed by atoms with Gasteiger partial charge in [-0.1, -0.05) is 83.9 Å². The summed E-state index contributed by atoms with van der Waals surface area (Å²) in [4.78, 5) is 19.5. The Morgan fingerprint density at radius 3 is 2.47 bits per heavy atom. The highest BCUT2D eigenvalue weighted by atomic mass is 79.9. The number of nitrogens with zero attached hydrogens (tertiary/aromatic N) is 2. The molecule has 1 fully saturated rings. The zero-order valence-electron chi connectivity index (χ0n) is 17.0. The van der Waals surface area contributed by atoms with E-state index in [1.807, 2.05) is 6.08 Å². The molecule has 1 amide bonds. The monoisotopic (exact) mass is 518 g/mol. The van der Waals surface area contributed by atoms with E-state index >= 15 is 0 Å². The molecule has 1 saturated heterocycles. The predicted molar refractivity (Wildman–Crippen MR) is 137 cm³/mol. The molecule has 30 heavy (non-hydrogen) atoms. The number of thiocarbonyl (C=S) groups is 1. The van der Waals surface area contributed by atoms with Crippen molar-refractivity contribution in [1.29, 1.82) is 0 Å². The second kappa shape index (κ2) is 9.47. The van der Waals surface area contributed by atoms with Gasteiger partial charge in [0.15, 0.2) is 0 Å². The average molecular weight is 520 g/mol. The lowest BCUT2D eigenvalue weighted by atomic mass is 10.1. The number of halogens is 1. The third kappa shape index (κ3) is 4.49. The van der Waals surface area contributed by atoms with E-state index in [4.69, 9.17) is 12.2 Å². The molecule has 2 heterocycles. The zero-order valence-corrected chi connectivity index (χ0v) is 21.0. The predicted octanol–water partition coefficient (Wildman–Crippen LogP) is 7.46. The fourth-order valence-electron chi connectivity index (χ4n) is 3.60. The quantitative estimate of drug-likeness (QED) is 0.224. The number of unbranched alkanes of at least 4 members (excludes halogenated alkanes) is 3. The molecular formula is C23H23BrN2OS3. The molecule has 0 unspecified atom stereocenters. The van der Waals surface area contributed by atoms with E-state index in [0.717, 1.165) is 16.6 Å². The number of carbonyl (C=O) groups excluding carboxylic acids is 1. The van der Waals surface area contributed by atoms with Gasteiger partial charge in [0.1, 0.15) is 4.32 Å². The molecule has 3 nitrogen and oxygen atoms in total. The van der Waals surface area contributed by atoms with Gasteiger partial charge in [0.2, 0.25) is 0 Å². The first-order chi connectivity index (χ1) is 14.5. The topological polar surface area (TPSA) is 23.6 Å². The Morgan fingerprint density at radius 1 is 1.03 bits per heavy atom. The molecule has 7 heteroatoms. The smallest absolute Gasteiger partial charge is 0.265 e. The number of hydrogen-bond acceptors (Lipinski definition) is 5. The fourth-order valence-corrected chi connectivity index (χ4v) is 6.48. The van der Waals surface area contributed by atoms with Crippen LogP contribution >= 0.6 is 51.7 Å². The van der Waals surface area contributed by atoms with E-state index in [0.29, 0.717) is 9.23 Å². The van der Waals surface area contributed by atoms with Crippen LogP contribution in [0.5, 0.6) is 0 Å². The number of fused-ring (bicyclic) bond motifs is 2. The summed E-state index contributed by atoms with van der Waals surface area (Å²) in [5.41, 5.74) is 3.54. The standard InChI is InChI=1S/C23H23BrN2OS3/c1-3-4-5-6-11-26-17-9-7-15(13-21-22(27)25(2)23(28)30-21)12-19(17)29-20-14-16(24)8-10-18(20)26/h7-10,12-14H,3-6,11H2,1-2H3/b21-13-. The molecule has 0 bridgehead atoms. The third-order valence-corrected chi connectivity index (χ3v) is 8.30.